The van der Waals surface area contributed by atoms with Crippen molar-refractivity contribution in [2.45, 2.75) is 33.1 Å². The summed E-state index contributed by atoms with van der Waals surface area (Å²) in [4.78, 5) is 8.85. The van der Waals surface area contributed by atoms with Crippen molar-refractivity contribution in [2.24, 2.45) is 0 Å². The van der Waals surface area contributed by atoms with Gasteiger partial charge in [0.2, 0.25) is 0 Å². The van der Waals surface area contributed by atoms with E-state index in [9.17, 15) is 4.39 Å². The van der Waals surface area contributed by atoms with Crippen LogP contribution in [0.15, 0.2) is 22.7 Å². The Labute approximate surface area is 131 Å². The average Bonchev–Trinajstić information content (AvgIpc) is 2.34. The maximum absolute atomic E-state index is 13.4. The normalized spacial score (nSPS) is 11.8. The van der Waals surface area contributed by atoms with E-state index in [2.05, 4.69) is 46.7 Å². The maximum Gasteiger partial charge on any atom is 0.161 e. The average molecular weight is 358 g/mol. The molecule has 0 bridgehead atoms. The van der Waals surface area contributed by atoms with Gasteiger partial charge in [-0.15, -0.1) is 0 Å². The minimum Gasteiger partial charge on any atom is -0.231 e. The van der Waals surface area contributed by atoms with Crippen LogP contribution in [0.2, 0.25) is 5.15 Å². The van der Waals surface area contributed by atoms with Gasteiger partial charge in [-0.05, 0) is 46.6 Å². The fourth-order valence-electron chi connectivity index (χ4n) is 1.83. The Bertz CT molecular complexity index is 666. The molecule has 20 heavy (non-hydrogen) atoms. The molecule has 0 aliphatic heterocycles. The lowest BCUT2D eigenvalue weighted by atomic mass is 9.92. The van der Waals surface area contributed by atoms with Gasteiger partial charge in [0, 0.05) is 11.0 Å². The molecule has 0 saturated carbocycles. The number of hydrogen-bond donors (Lipinski definition) is 0. The summed E-state index contributed by atoms with van der Waals surface area (Å²) in [6.45, 7) is 7.87. The standard InChI is InChI=1S/C15H15BrClFN2/c1-8-7-9(5-6-10(8)18)14-19-12(15(2,3)4)11(16)13(17)20-14/h5-7H,1-4H3. The van der Waals surface area contributed by atoms with Gasteiger partial charge < -0.3 is 0 Å². The third kappa shape index (κ3) is 3.01. The van der Waals surface area contributed by atoms with E-state index in [0.29, 0.717) is 21.0 Å². The summed E-state index contributed by atoms with van der Waals surface area (Å²) in [7, 11) is 0. The Balaban J connectivity index is 2.63. The van der Waals surface area contributed by atoms with Crippen molar-refractivity contribution >= 4 is 27.5 Å². The fraction of sp³-hybridized carbons (Fsp3) is 0.333. The van der Waals surface area contributed by atoms with Crippen LogP contribution < -0.4 is 0 Å². The Morgan fingerprint density at radius 1 is 1.20 bits per heavy atom. The first-order valence-corrected chi connectivity index (χ1v) is 7.37. The highest BCUT2D eigenvalue weighted by atomic mass is 79.9. The van der Waals surface area contributed by atoms with Gasteiger partial charge in [0.05, 0.1) is 10.2 Å². The highest BCUT2D eigenvalue weighted by Gasteiger charge is 2.23. The lowest BCUT2D eigenvalue weighted by Gasteiger charge is -2.20. The van der Waals surface area contributed by atoms with Crippen LogP contribution in [0.4, 0.5) is 4.39 Å². The zero-order valence-corrected chi connectivity index (χ0v) is 14.1. The molecule has 1 aromatic heterocycles. The summed E-state index contributed by atoms with van der Waals surface area (Å²) in [6.07, 6.45) is 0. The molecule has 0 amide bonds. The molecule has 1 heterocycles. The first kappa shape index (κ1) is 15.4. The number of hydrogen-bond acceptors (Lipinski definition) is 2. The first-order chi connectivity index (χ1) is 9.20. The fourth-order valence-corrected chi connectivity index (χ4v) is 2.77. The minimum atomic E-state index is -0.243. The van der Waals surface area contributed by atoms with Crippen LogP contribution in [-0.2, 0) is 5.41 Å². The molecular weight excluding hydrogens is 343 g/mol. The number of rotatable bonds is 1. The molecule has 0 fully saturated rings. The van der Waals surface area contributed by atoms with Gasteiger partial charge >= 0.3 is 0 Å². The second-order valence-electron chi connectivity index (χ2n) is 5.71. The SMILES string of the molecule is Cc1cc(-c2nc(Cl)c(Br)c(C(C)(C)C)n2)ccc1F. The van der Waals surface area contributed by atoms with Crippen LogP contribution in [0.1, 0.15) is 32.0 Å². The smallest absolute Gasteiger partial charge is 0.161 e. The molecular formula is C15H15BrClFN2. The van der Waals surface area contributed by atoms with Gasteiger partial charge in [0.1, 0.15) is 11.0 Å². The van der Waals surface area contributed by atoms with Gasteiger partial charge in [-0.25, -0.2) is 14.4 Å². The molecule has 2 rings (SSSR count). The van der Waals surface area contributed by atoms with Crippen molar-refractivity contribution in [2.75, 3.05) is 0 Å². The van der Waals surface area contributed by atoms with Crippen LogP contribution in [0.25, 0.3) is 11.4 Å². The van der Waals surface area contributed by atoms with Gasteiger partial charge in [0.15, 0.2) is 5.82 Å². The minimum absolute atomic E-state index is 0.171. The van der Waals surface area contributed by atoms with Crippen molar-refractivity contribution in [3.63, 3.8) is 0 Å². The van der Waals surface area contributed by atoms with E-state index in [-0.39, 0.29) is 11.2 Å². The molecule has 1 aromatic carbocycles. The predicted molar refractivity (Wildman–Crippen MR) is 83.6 cm³/mol. The summed E-state index contributed by atoms with van der Waals surface area (Å²) >= 11 is 9.61. The Morgan fingerprint density at radius 2 is 1.85 bits per heavy atom. The zero-order chi connectivity index (χ0) is 15.1. The molecule has 0 atom stereocenters. The molecule has 2 nitrogen and oxygen atoms in total. The molecule has 0 radical (unpaired) electrons. The number of halogens is 3. The van der Waals surface area contributed by atoms with Crippen LogP contribution in [0.3, 0.4) is 0 Å². The van der Waals surface area contributed by atoms with E-state index in [1.54, 1.807) is 19.1 Å². The monoisotopic (exact) mass is 356 g/mol. The molecule has 0 N–H and O–H groups in total. The summed E-state index contributed by atoms with van der Waals surface area (Å²) in [6, 6.07) is 4.80. The lowest BCUT2D eigenvalue weighted by Crippen LogP contribution is -2.16. The highest BCUT2D eigenvalue weighted by Crippen LogP contribution is 2.34. The molecule has 0 spiro atoms. The molecule has 5 heteroatoms. The molecule has 0 aliphatic carbocycles. The first-order valence-electron chi connectivity index (χ1n) is 6.20. The van der Waals surface area contributed by atoms with Crippen LogP contribution in [0, 0.1) is 12.7 Å². The summed E-state index contributed by atoms with van der Waals surface area (Å²) in [5, 5.41) is 0.363. The quantitative estimate of drug-likeness (QED) is 0.647. The van der Waals surface area contributed by atoms with E-state index in [1.807, 2.05) is 0 Å². The van der Waals surface area contributed by atoms with Gasteiger partial charge in [-0.3, -0.25) is 0 Å². The maximum atomic E-state index is 13.4. The second-order valence-corrected chi connectivity index (χ2v) is 6.87. The Kier molecular flexibility index (Phi) is 4.17. The van der Waals surface area contributed by atoms with Crippen LogP contribution in [0.5, 0.6) is 0 Å². The molecule has 0 aliphatic rings. The van der Waals surface area contributed by atoms with E-state index in [4.69, 9.17) is 11.6 Å². The second kappa shape index (κ2) is 5.41. The van der Waals surface area contributed by atoms with E-state index < -0.39 is 0 Å². The molecule has 106 valence electrons. The topological polar surface area (TPSA) is 25.8 Å². The third-order valence-electron chi connectivity index (χ3n) is 2.94. The Morgan fingerprint density at radius 3 is 2.40 bits per heavy atom. The Hall–Kier alpha value is -1.00. The molecule has 0 unspecified atom stereocenters. The van der Waals surface area contributed by atoms with E-state index in [1.165, 1.54) is 6.07 Å². The van der Waals surface area contributed by atoms with Crippen molar-refractivity contribution in [3.05, 3.63) is 44.9 Å². The molecule has 0 saturated heterocycles. The largest absolute Gasteiger partial charge is 0.231 e. The summed E-state index contributed by atoms with van der Waals surface area (Å²) < 4.78 is 14.1. The number of nitrogens with zero attached hydrogens (tertiary/aromatic N) is 2. The number of aromatic nitrogens is 2. The summed E-state index contributed by atoms with van der Waals surface area (Å²) in [5.41, 5.74) is 1.97. The van der Waals surface area contributed by atoms with Crippen molar-refractivity contribution in [1.82, 2.24) is 9.97 Å². The van der Waals surface area contributed by atoms with Gasteiger partial charge in [-0.1, -0.05) is 32.4 Å². The third-order valence-corrected chi connectivity index (χ3v) is 4.19. The van der Waals surface area contributed by atoms with Gasteiger partial charge in [0.25, 0.3) is 0 Å². The van der Waals surface area contributed by atoms with E-state index >= 15 is 0 Å². The van der Waals surface area contributed by atoms with Crippen LogP contribution >= 0.6 is 27.5 Å². The predicted octanol–water partition coefficient (Wildman–Crippen LogP) is 5.30. The van der Waals surface area contributed by atoms with Crippen LogP contribution in [-0.4, -0.2) is 9.97 Å². The highest BCUT2D eigenvalue weighted by molar-refractivity contribution is 9.10. The van der Waals surface area contributed by atoms with Crippen molar-refractivity contribution < 1.29 is 4.39 Å². The van der Waals surface area contributed by atoms with E-state index in [0.717, 1.165) is 11.3 Å². The van der Waals surface area contributed by atoms with Crippen molar-refractivity contribution in [1.29, 1.82) is 0 Å². The van der Waals surface area contributed by atoms with Crippen molar-refractivity contribution in [3.8, 4) is 11.4 Å². The number of aryl methyl sites for hydroxylation is 1. The zero-order valence-electron chi connectivity index (χ0n) is 11.8. The number of benzene rings is 1. The molecule has 2 aromatic rings. The van der Waals surface area contributed by atoms with Gasteiger partial charge in [-0.2, -0.15) is 0 Å². The summed E-state index contributed by atoms with van der Waals surface area (Å²) in [5.74, 6) is 0.263. The lowest BCUT2D eigenvalue weighted by molar-refractivity contribution is 0.564.